The molecule has 0 amide bonds. The minimum absolute atomic E-state index is 0.276. The van der Waals surface area contributed by atoms with Crippen LogP contribution in [0.15, 0.2) is 58.5 Å². The van der Waals surface area contributed by atoms with E-state index in [1.165, 1.54) is 33.1 Å². The van der Waals surface area contributed by atoms with E-state index in [4.69, 9.17) is 35.5 Å². The molecule has 1 aromatic heterocycles. The molecule has 0 fully saturated rings. The van der Waals surface area contributed by atoms with Crippen LogP contribution in [0.4, 0.5) is 0 Å². The molecule has 0 aliphatic heterocycles. The van der Waals surface area contributed by atoms with Gasteiger partial charge in [0.2, 0.25) is 5.75 Å². The van der Waals surface area contributed by atoms with E-state index < -0.39 is 0 Å². The van der Waals surface area contributed by atoms with Crippen LogP contribution in [0.5, 0.6) is 23.0 Å². The quantitative estimate of drug-likeness (QED) is 0.222. The Morgan fingerprint density at radius 3 is 2.31 bits per heavy atom. The molecule has 0 saturated heterocycles. The van der Waals surface area contributed by atoms with Crippen molar-refractivity contribution in [1.82, 2.24) is 9.55 Å². The van der Waals surface area contributed by atoms with Gasteiger partial charge >= 0.3 is 0 Å². The van der Waals surface area contributed by atoms with Crippen molar-refractivity contribution in [3.05, 3.63) is 75.0 Å². The maximum absolute atomic E-state index is 14.0. The van der Waals surface area contributed by atoms with Gasteiger partial charge in [-0.15, -0.1) is 0 Å². The molecule has 1 heterocycles. The number of rotatable bonds is 8. The average molecular weight is 513 g/mol. The maximum atomic E-state index is 14.0. The van der Waals surface area contributed by atoms with Crippen LogP contribution in [0.2, 0.25) is 5.02 Å². The van der Waals surface area contributed by atoms with Gasteiger partial charge in [-0.2, -0.15) is 0 Å². The van der Waals surface area contributed by atoms with Gasteiger partial charge in [-0.1, -0.05) is 47.6 Å². The number of halogens is 1. The first kappa shape index (κ1) is 24.8. The van der Waals surface area contributed by atoms with Crippen LogP contribution >= 0.6 is 23.4 Å². The fraction of sp³-hybridized carbons (Fsp3) is 0.231. The van der Waals surface area contributed by atoms with E-state index in [0.29, 0.717) is 49.8 Å². The van der Waals surface area contributed by atoms with Crippen molar-refractivity contribution in [1.29, 1.82) is 0 Å². The van der Waals surface area contributed by atoms with Crippen molar-refractivity contribution in [2.45, 2.75) is 17.8 Å². The van der Waals surface area contributed by atoms with Crippen LogP contribution in [-0.4, -0.2) is 38.0 Å². The smallest absolute Gasteiger partial charge is 0.266 e. The molecule has 4 aromatic rings. The molecule has 7 nitrogen and oxygen atoms in total. The van der Waals surface area contributed by atoms with E-state index in [9.17, 15) is 4.79 Å². The number of methoxy groups -OCH3 is 4. The van der Waals surface area contributed by atoms with Crippen LogP contribution < -0.4 is 24.5 Å². The number of aromatic nitrogens is 2. The predicted octanol–water partition coefficient (Wildman–Crippen LogP) is 5.67. The van der Waals surface area contributed by atoms with Gasteiger partial charge in [0.05, 0.1) is 39.5 Å². The van der Waals surface area contributed by atoms with Crippen molar-refractivity contribution in [3.63, 3.8) is 0 Å². The van der Waals surface area contributed by atoms with Crippen molar-refractivity contribution < 1.29 is 18.9 Å². The van der Waals surface area contributed by atoms with Crippen molar-refractivity contribution >= 4 is 34.3 Å². The molecule has 9 heteroatoms. The topological polar surface area (TPSA) is 71.8 Å². The highest BCUT2D eigenvalue weighted by atomic mass is 35.5. The summed E-state index contributed by atoms with van der Waals surface area (Å²) in [7, 11) is 6.16. The Labute approximate surface area is 212 Å². The highest BCUT2D eigenvalue weighted by Gasteiger charge is 2.23. The van der Waals surface area contributed by atoms with Gasteiger partial charge in [0.1, 0.15) is 11.3 Å². The van der Waals surface area contributed by atoms with E-state index in [1.54, 1.807) is 29.9 Å². The zero-order valence-electron chi connectivity index (χ0n) is 20.0. The lowest BCUT2D eigenvalue weighted by atomic mass is 10.1. The van der Waals surface area contributed by atoms with Crippen LogP contribution in [0.25, 0.3) is 16.6 Å². The third kappa shape index (κ3) is 4.63. The lowest BCUT2D eigenvalue weighted by Crippen LogP contribution is -2.23. The number of nitrogens with zero attached hydrogens (tertiary/aromatic N) is 2. The summed E-state index contributed by atoms with van der Waals surface area (Å²) in [5.74, 6) is 2.36. The zero-order chi connectivity index (χ0) is 25.1. The normalized spacial score (nSPS) is 10.9. The lowest BCUT2D eigenvalue weighted by molar-refractivity contribution is 0.326. The van der Waals surface area contributed by atoms with E-state index in [-0.39, 0.29) is 5.56 Å². The molecule has 0 saturated carbocycles. The lowest BCUT2D eigenvalue weighted by Gasteiger charge is -2.19. The molecular weight excluding hydrogens is 488 g/mol. The van der Waals surface area contributed by atoms with Gasteiger partial charge in [-0.25, -0.2) is 4.98 Å². The van der Waals surface area contributed by atoms with Crippen molar-refractivity contribution in [3.8, 4) is 28.7 Å². The first-order valence-electron chi connectivity index (χ1n) is 10.7. The molecule has 0 aliphatic carbocycles. The Bertz CT molecular complexity index is 1450. The predicted molar refractivity (Wildman–Crippen MR) is 139 cm³/mol. The standard InChI is InChI=1S/C26H25ClN2O5S/c1-15-10-11-17(27)12-19(15)29-25(30)18-13-21(32-3)23(33-4)24(34-5)22(18)28-26(29)35-14-16-8-6-7-9-20(16)31-2/h6-13H,14H2,1-5H3. The summed E-state index contributed by atoms with van der Waals surface area (Å²) in [4.78, 5) is 18.9. The molecule has 4 rings (SSSR count). The van der Waals surface area contributed by atoms with Crippen LogP contribution in [0.1, 0.15) is 11.1 Å². The van der Waals surface area contributed by atoms with Crippen LogP contribution in [0.3, 0.4) is 0 Å². The first-order chi connectivity index (χ1) is 16.9. The first-order valence-corrected chi connectivity index (χ1v) is 12.1. The van der Waals surface area contributed by atoms with E-state index in [0.717, 1.165) is 16.9 Å². The number of fused-ring (bicyclic) bond motifs is 1. The van der Waals surface area contributed by atoms with Gasteiger partial charge in [0.15, 0.2) is 16.7 Å². The second-order valence-electron chi connectivity index (χ2n) is 7.61. The molecule has 0 atom stereocenters. The molecule has 0 bridgehead atoms. The van der Waals surface area contributed by atoms with Crippen LogP contribution in [-0.2, 0) is 5.75 Å². The monoisotopic (exact) mass is 512 g/mol. The summed E-state index contributed by atoms with van der Waals surface area (Å²) in [6.45, 7) is 1.92. The molecule has 0 spiro atoms. The number of para-hydroxylation sites is 1. The molecule has 0 unspecified atom stereocenters. The summed E-state index contributed by atoms with van der Waals surface area (Å²) in [5.41, 5.74) is 2.61. The third-order valence-electron chi connectivity index (χ3n) is 5.60. The Balaban J connectivity index is 2.01. The number of thioether (sulfide) groups is 1. The number of hydrogen-bond acceptors (Lipinski definition) is 7. The maximum Gasteiger partial charge on any atom is 0.266 e. The molecule has 3 aromatic carbocycles. The fourth-order valence-corrected chi connectivity index (χ4v) is 5.02. The second kappa shape index (κ2) is 10.5. The van der Waals surface area contributed by atoms with Gasteiger partial charge in [0.25, 0.3) is 5.56 Å². The Morgan fingerprint density at radius 1 is 0.914 bits per heavy atom. The largest absolute Gasteiger partial charge is 0.496 e. The van der Waals surface area contributed by atoms with Crippen molar-refractivity contribution in [2.24, 2.45) is 0 Å². The zero-order valence-corrected chi connectivity index (χ0v) is 21.6. The van der Waals surface area contributed by atoms with Gasteiger partial charge in [-0.05, 0) is 36.8 Å². The molecule has 35 heavy (non-hydrogen) atoms. The Hall–Kier alpha value is -3.36. The molecule has 0 radical (unpaired) electrons. The third-order valence-corrected chi connectivity index (χ3v) is 6.82. The average Bonchev–Trinajstić information content (AvgIpc) is 2.88. The van der Waals surface area contributed by atoms with E-state index >= 15 is 0 Å². The van der Waals surface area contributed by atoms with Gasteiger partial charge < -0.3 is 18.9 Å². The van der Waals surface area contributed by atoms with Crippen LogP contribution in [0, 0.1) is 6.92 Å². The minimum atomic E-state index is -0.276. The molecule has 182 valence electrons. The van der Waals surface area contributed by atoms with Gasteiger partial charge in [-0.3, -0.25) is 9.36 Å². The Kier molecular flexibility index (Phi) is 7.42. The SMILES string of the molecule is COc1ccccc1CSc1nc2c(OC)c(OC)c(OC)cc2c(=O)n1-c1cc(Cl)ccc1C. The second-order valence-corrected chi connectivity index (χ2v) is 8.99. The highest BCUT2D eigenvalue weighted by Crippen LogP contribution is 2.42. The fourth-order valence-electron chi connectivity index (χ4n) is 3.87. The number of hydrogen-bond donors (Lipinski definition) is 0. The summed E-state index contributed by atoms with van der Waals surface area (Å²) in [6, 6.07) is 14.8. The summed E-state index contributed by atoms with van der Waals surface area (Å²) >= 11 is 7.73. The van der Waals surface area contributed by atoms with Gasteiger partial charge in [0, 0.05) is 16.3 Å². The van der Waals surface area contributed by atoms with Crippen molar-refractivity contribution in [2.75, 3.05) is 28.4 Å². The van der Waals surface area contributed by atoms with E-state index in [1.807, 2.05) is 37.3 Å². The molecular formula is C26H25ClN2O5S. The molecule has 0 aliphatic rings. The number of aryl methyl sites for hydroxylation is 1. The highest BCUT2D eigenvalue weighted by molar-refractivity contribution is 7.98. The number of ether oxygens (including phenoxy) is 4. The number of benzene rings is 3. The summed E-state index contributed by atoms with van der Waals surface area (Å²) in [6.07, 6.45) is 0. The van der Waals surface area contributed by atoms with E-state index in [2.05, 4.69) is 0 Å². The minimum Gasteiger partial charge on any atom is -0.496 e. The molecule has 0 N–H and O–H groups in total. The Morgan fingerprint density at radius 2 is 1.63 bits per heavy atom. The summed E-state index contributed by atoms with van der Waals surface area (Å²) < 4.78 is 23.7. The summed E-state index contributed by atoms with van der Waals surface area (Å²) in [5, 5.41) is 1.33.